The molecule has 0 spiro atoms. The Morgan fingerprint density at radius 2 is 1.72 bits per heavy atom. The van der Waals surface area contributed by atoms with Gasteiger partial charge in [-0.3, -0.25) is 0 Å². The Bertz CT molecular complexity index is 774. The molecule has 0 aromatic carbocycles. The summed E-state index contributed by atoms with van der Waals surface area (Å²) < 4.78 is 28.2. The van der Waals surface area contributed by atoms with Crippen LogP contribution in [0.5, 0.6) is 0 Å². The molecule has 4 atom stereocenters. The first-order valence-electron chi connectivity index (χ1n) is 9.78. The maximum absolute atomic E-state index is 12.9. The van der Waals surface area contributed by atoms with E-state index in [2.05, 4.69) is 39.5 Å². The zero-order chi connectivity index (χ0) is 21.8. The van der Waals surface area contributed by atoms with E-state index in [4.69, 9.17) is 19.5 Å². The quantitative estimate of drug-likeness (QED) is 0.597. The van der Waals surface area contributed by atoms with E-state index in [-0.39, 0.29) is 12.0 Å². The van der Waals surface area contributed by atoms with Gasteiger partial charge in [0.25, 0.3) is 0 Å². The first-order valence-corrected chi connectivity index (χ1v) is 12.6. The van der Waals surface area contributed by atoms with Gasteiger partial charge in [0, 0.05) is 5.38 Å². The van der Waals surface area contributed by atoms with Crippen molar-refractivity contribution in [1.82, 2.24) is 9.71 Å². The lowest BCUT2D eigenvalue weighted by atomic mass is 10.0. The number of nitrogens with one attached hydrogen (secondary N) is 1. The lowest BCUT2D eigenvalue weighted by Gasteiger charge is -2.32. The number of aliphatic imine (C=N–C) groups is 2. The second-order valence-corrected chi connectivity index (χ2v) is 11.6. The van der Waals surface area contributed by atoms with Crippen LogP contribution in [-0.4, -0.2) is 51.0 Å². The van der Waals surface area contributed by atoms with Crippen LogP contribution >= 0.6 is 27.3 Å². The fourth-order valence-electron chi connectivity index (χ4n) is 2.68. The van der Waals surface area contributed by atoms with Gasteiger partial charge >= 0.3 is 0 Å². The van der Waals surface area contributed by atoms with Crippen LogP contribution in [0.1, 0.15) is 59.5 Å². The Hall–Kier alpha value is -0.840. The van der Waals surface area contributed by atoms with Crippen molar-refractivity contribution >= 4 is 50.0 Å². The van der Waals surface area contributed by atoms with Gasteiger partial charge < -0.3 is 9.47 Å². The highest BCUT2D eigenvalue weighted by Crippen LogP contribution is 2.31. The topological polar surface area (TPSA) is 85.2 Å². The SMILES string of the molecule is CCOC1=N[C@H](C(C)C)C(OCC)=N[C@H]1[C@@H](N[S@@](=O)C(C)(C)C)c1nc(Br)cs1. The van der Waals surface area contributed by atoms with Gasteiger partial charge in [0.15, 0.2) is 6.04 Å². The highest BCUT2D eigenvalue weighted by atomic mass is 79.9. The number of halogens is 1. The Morgan fingerprint density at radius 3 is 2.17 bits per heavy atom. The van der Waals surface area contributed by atoms with Crippen molar-refractivity contribution in [2.24, 2.45) is 15.9 Å². The van der Waals surface area contributed by atoms with Gasteiger partial charge in [-0.1, -0.05) is 13.8 Å². The number of rotatable bonds is 7. The summed E-state index contributed by atoms with van der Waals surface area (Å²) in [5, 5.41) is 2.66. The third-order valence-electron chi connectivity index (χ3n) is 4.12. The van der Waals surface area contributed by atoms with Crippen LogP contribution in [0.3, 0.4) is 0 Å². The highest BCUT2D eigenvalue weighted by Gasteiger charge is 2.39. The van der Waals surface area contributed by atoms with Gasteiger partial charge in [-0.15, -0.1) is 11.3 Å². The van der Waals surface area contributed by atoms with Crippen LogP contribution in [0.15, 0.2) is 20.0 Å². The van der Waals surface area contributed by atoms with Crippen LogP contribution in [-0.2, 0) is 20.5 Å². The molecule has 0 fully saturated rings. The molecule has 7 nitrogen and oxygen atoms in total. The Kier molecular flexibility index (Phi) is 8.81. The molecule has 0 bridgehead atoms. The fraction of sp³-hybridized carbons (Fsp3) is 0.737. The standard InChI is InChI=1S/C19H31BrN4O3S2/c1-8-26-16-13(11(3)4)22-17(27-9-2)14(23-16)15(18-21-12(20)10-28-18)24-29(25)19(5,6)7/h10-11,13-15,24H,8-9H2,1-7H3/t13-,14+,15-,29+/m1/s1. The van der Waals surface area contributed by atoms with E-state index < -0.39 is 27.8 Å². The van der Waals surface area contributed by atoms with Gasteiger partial charge in [-0.05, 0) is 56.5 Å². The number of ether oxygens (including phenoxy) is 2. The van der Waals surface area contributed by atoms with Gasteiger partial charge in [0.05, 0.1) is 28.9 Å². The summed E-state index contributed by atoms with van der Waals surface area (Å²) in [7, 11) is -1.33. The average Bonchev–Trinajstić information content (AvgIpc) is 3.06. The molecule has 29 heavy (non-hydrogen) atoms. The molecule has 0 radical (unpaired) electrons. The normalized spacial score (nSPS) is 22.1. The van der Waals surface area contributed by atoms with Crippen molar-refractivity contribution in [2.45, 2.75) is 71.3 Å². The molecular formula is C19H31BrN4O3S2. The molecular weight excluding hydrogens is 476 g/mol. The minimum Gasteiger partial charge on any atom is -0.480 e. The van der Waals surface area contributed by atoms with Crippen molar-refractivity contribution in [3.63, 3.8) is 0 Å². The number of nitrogens with zero attached hydrogens (tertiary/aromatic N) is 3. The summed E-state index contributed by atoms with van der Waals surface area (Å²) >= 11 is 4.89. The predicted molar refractivity (Wildman–Crippen MR) is 124 cm³/mol. The largest absolute Gasteiger partial charge is 0.480 e. The smallest absolute Gasteiger partial charge is 0.211 e. The summed E-state index contributed by atoms with van der Waals surface area (Å²) in [6, 6.07) is -1.18. The number of hydrogen-bond donors (Lipinski definition) is 1. The fourth-order valence-corrected chi connectivity index (χ4v) is 4.93. The van der Waals surface area contributed by atoms with Crippen LogP contribution < -0.4 is 4.72 Å². The predicted octanol–water partition coefficient (Wildman–Crippen LogP) is 4.28. The Balaban J connectivity index is 2.52. The van der Waals surface area contributed by atoms with Crippen LogP contribution in [0, 0.1) is 5.92 Å². The highest BCUT2D eigenvalue weighted by molar-refractivity contribution is 9.10. The molecule has 0 aliphatic carbocycles. The molecule has 1 aromatic rings. The molecule has 1 aromatic heterocycles. The summed E-state index contributed by atoms with van der Waals surface area (Å²) in [5.74, 6) is 1.31. The van der Waals surface area contributed by atoms with Crippen molar-refractivity contribution < 1.29 is 13.7 Å². The molecule has 0 amide bonds. The molecule has 0 saturated heterocycles. The summed E-state index contributed by atoms with van der Waals surface area (Å²) in [5.41, 5.74) is 0. The second-order valence-electron chi connectivity index (χ2n) is 7.92. The number of thiazole rings is 1. The molecule has 2 rings (SSSR count). The van der Waals surface area contributed by atoms with Gasteiger partial charge in [-0.2, -0.15) is 0 Å². The summed E-state index contributed by atoms with van der Waals surface area (Å²) in [6.07, 6.45) is 0. The molecule has 0 unspecified atom stereocenters. The molecule has 2 heterocycles. The van der Waals surface area contributed by atoms with Crippen molar-refractivity contribution in [2.75, 3.05) is 13.2 Å². The summed E-state index contributed by atoms with van der Waals surface area (Å²) in [4.78, 5) is 14.3. The van der Waals surface area contributed by atoms with E-state index in [1.807, 2.05) is 40.0 Å². The third-order valence-corrected chi connectivity index (χ3v) is 7.34. The van der Waals surface area contributed by atoms with Crippen molar-refractivity contribution in [3.05, 3.63) is 15.0 Å². The Morgan fingerprint density at radius 1 is 1.17 bits per heavy atom. The zero-order valence-corrected chi connectivity index (χ0v) is 21.3. The number of aromatic nitrogens is 1. The minimum absolute atomic E-state index is 0.204. The maximum Gasteiger partial charge on any atom is 0.211 e. The van der Waals surface area contributed by atoms with E-state index in [9.17, 15) is 4.21 Å². The van der Waals surface area contributed by atoms with E-state index in [0.29, 0.717) is 25.0 Å². The molecule has 164 valence electrons. The first kappa shape index (κ1) is 24.4. The maximum atomic E-state index is 12.9. The molecule has 0 saturated carbocycles. The number of hydrogen-bond acceptors (Lipinski definition) is 7. The van der Waals surface area contributed by atoms with E-state index in [0.717, 1.165) is 9.61 Å². The van der Waals surface area contributed by atoms with Crippen molar-refractivity contribution in [1.29, 1.82) is 0 Å². The van der Waals surface area contributed by atoms with E-state index in [1.54, 1.807) is 0 Å². The molecule has 1 aliphatic rings. The van der Waals surface area contributed by atoms with Gasteiger partial charge in [0.1, 0.15) is 21.7 Å². The Labute approximate surface area is 188 Å². The van der Waals surface area contributed by atoms with E-state index in [1.165, 1.54) is 11.3 Å². The van der Waals surface area contributed by atoms with Crippen LogP contribution in [0.25, 0.3) is 0 Å². The lowest BCUT2D eigenvalue weighted by Crippen LogP contribution is -2.46. The summed E-state index contributed by atoms with van der Waals surface area (Å²) in [6.45, 7) is 14.7. The van der Waals surface area contributed by atoms with Gasteiger partial charge in [0.2, 0.25) is 11.8 Å². The monoisotopic (exact) mass is 506 g/mol. The molecule has 1 aliphatic heterocycles. The minimum atomic E-state index is -1.33. The molecule has 10 heteroatoms. The lowest BCUT2D eigenvalue weighted by molar-refractivity contribution is 0.270. The second kappa shape index (κ2) is 10.5. The average molecular weight is 508 g/mol. The van der Waals surface area contributed by atoms with Gasteiger partial charge in [-0.25, -0.2) is 23.9 Å². The van der Waals surface area contributed by atoms with Crippen molar-refractivity contribution in [3.8, 4) is 0 Å². The zero-order valence-electron chi connectivity index (χ0n) is 18.1. The third kappa shape index (κ3) is 6.32. The molecule has 1 N–H and O–H groups in total. The van der Waals surface area contributed by atoms with Crippen LogP contribution in [0.2, 0.25) is 0 Å². The van der Waals surface area contributed by atoms with E-state index >= 15 is 0 Å². The van der Waals surface area contributed by atoms with Crippen LogP contribution in [0.4, 0.5) is 0 Å². The first-order chi connectivity index (χ1) is 13.6.